The van der Waals surface area contributed by atoms with Crippen molar-refractivity contribution in [3.05, 3.63) is 149 Å². The van der Waals surface area contributed by atoms with Gasteiger partial charge in [0.1, 0.15) is 34.5 Å². The van der Waals surface area contributed by atoms with Gasteiger partial charge in [-0.3, -0.25) is 4.79 Å². The molecule has 0 aromatic heterocycles. The van der Waals surface area contributed by atoms with Crippen molar-refractivity contribution >= 4 is 5.78 Å². The SMILES string of the molecule is CN(C)CC(c1ccc(O)cc1)C1(O)CCCCC1.COc1ccc(C(C#N)C2(O)CCCCC2)cc1.COc1ccc(C(CN(C)C)C2(O)CCCCC2)cc1.COc1ccc(C(CN)C2(O)CCCCC2)cc1.COc1ccc(CC#N)cc1.O=C1CCCCC1. The minimum atomic E-state index is -0.860. The first kappa shape index (κ1) is 77.2. The average Bonchev–Trinajstić information content (AvgIpc) is 0.869. The Labute approximate surface area is 557 Å². The zero-order valence-corrected chi connectivity index (χ0v) is 57.5. The maximum atomic E-state index is 11.1. The Morgan fingerprint density at radius 1 is 0.430 bits per heavy atom. The van der Waals surface area contributed by atoms with Gasteiger partial charge in [-0.25, -0.2) is 0 Å². The van der Waals surface area contributed by atoms with Crippen molar-refractivity contribution < 1.29 is 49.3 Å². The summed E-state index contributed by atoms with van der Waals surface area (Å²) in [4.78, 5) is 14.8. The number of Topliss-reactive ketones (excluding diaryl/α,β-unsaturated/α-hetero) is 1. The number of aromatic hydroxyl groups is 1. The molecule has 15 nitrogen and oxygen atoms in total. The van der Waals surface area contributed by atoms with E-state index >= 15 is 0 Å². The van der Waals surface area contributed by atoms with E-state index in [1.807, 2.05) is 111 Å². The van der Waals surface area contributed by atoms with Gasteiger partial charge in [0, 0.05) is 50.2 Å². The first-order valence-corrected chi connectivity index (χ1v) is 34.2. The maximum absolute atomic E-state index is 11.1. The summed E-state index contributed by atoms with van der Waals surface area (Å²) in [5.74, 6) is 3.92. The van der Waals surface area contributed by atoms with Gasteiger partial charge in [0.2, 0.25) is 0 Å². The molecular formula is C78H113N5O10. The van der Waals surface area contributed by atoms with E-state index in [1.165, 1.54) is 31.2 Å². The van der Waals surface area contributed by atoms with Crippen LogP contribution in [0, 0.1) is 22.7 Å². The highest BCUT2D eigenvalue weighted by molar-refractivity contribution is 5.78. The fourth-order valence-electron chi connectivity index (χ4n) is 14.0. The molecule has 0 spiro atoms. The third-order valence-electron chi connectivity index (χ3n) is 19.5. The summed E-state index contributed by atoms with van der Waals surface area (Å²) in [6.45, 7) is 2.20. The number of rotatable bonds is 18. The first-order chi connectivity index (χ1) is 44.7. The largest absolute Gasteiger partial charge is 0.508 e. The second-order valence-electron chi connectivity index (χ2n) is 26.8. The van der Waals surface area contributed by atoms with E-state index in [1.54, 1.807) is 40.6 Å². The fourth-order valence-corrected chi connectivity index (χ4v) is 14.0. The third-order valence-corrected chi connectivity index (χ3v) is 19.5. The topological polar surface area (TPSA) is 235 Å². The summed E-state index contributed by atoms with van der Waals surface area (Å²) in [6.07, 6.45) is 26.0. The fraction of sp³-hybridized carbons (Fsp3) is 0.577. The number of ether oxygens (including phenoxy) is 4. The lowest BCUT2D eigenvalue weighted by Gasteiger charge is -2.40. The lowest BCUT2D eigenvalue weighted by Crippen LogP contribution is -2.42. The molecule has 5 aliphatic rings. The van der Waals surface area contributed by atoms with E-state index in [-0.39, 0.29) is 23.5 Å². The normalized spacial score (nSPS) is 19.0. The van der Waals surface area contributed by atoms with Gasteiger partial charge in [-0.1, -0.05) is 144 Å². The zero-order valence-electron chi connectivity index (χ0n) is 57.5. The number of phenols is 1. The molecule has 4 unspecified atom stereocenters. The molecule has 0 amide bonds. The number of nitrogens with zero attached hydrogens (tertiary/aromatic N) is 4. The Morgan fingerprint density at radius 3 is 1.01 bits per heavy atom. The number of benzene rings is 5. The summed E-state index contributed by atoms with van der Waals surface area (Å²) >= 11 is 0. The molecule has 5 aromatic rings. The first-order valence-electron chi connectivity index (χ1n) is 34.2. The predicted molar refractivity (Wildman–Crippen MR) is 372 cm³/mol. The Bertz CT molecular complexity index is 2930. The number of carbonyl (C=O) groups is 1. The van der Waals surface area contributed by atoms with Crippen molar-refractivity contribution in [2.24, 2.45) is 5.73 Å². The van der Waals surface area contributed by atoms with Gasteiger partial charge in [0.15, 0.2) is 0 Å². The molecule has 4 atom stereocenters. The van der Waals surface area contributed by atoms with Crippen LogP contribution in [0.3, 0.4) is 0 Å². The molecule has 510 valence electrons. The molecule has 5 saturated carbocycles. The van der Waals surface area contributed by atoms with E-state index < -0.39 is 28.3 Å². The van der Waals surface area contributed by atoms with Gasteiger partial charge < -0.3 is 60.0 Å². The van der Waals surface area contributed by atoms with Gasteiger partial charge in [-0.2, -0.15) is 10.5 Å². The molecule has 0 aliphatic heterocycles. The zero-order chi connectivity index (χ0) is 67.7. The summed E-state index contributed by atoms with van der Waals surface area (Å²) < 4.78 is 20.5. The van der Waals surface area contributed by atoms with E-state index in [0.717, 1.165) is 193 Å². The number of nitriles is 2. The molecule has 5 fully saturated rings. The monoisotopic (exact) mass is 1280 g/mol. The van der Waals surface area contributed by atoms with Crippen LogP contribution in [0.4, 0.5) is 0 Å². The number of hydrogen-bond donors (Lipinski definition) is 6. The summed E-state index contributed by atoms with van der Waals surface area (Å²) in [6, 6.07) is 42.7. The number of phenolic OH excluding ortho intramolecular Hbond substituents is 1. The molecule has 15 heteroatoms. The Balaban J connectivity index is 0.000000207. The van der Waals surface area contributed by atoms with Crippen LogP contribution < -0.4 is 24.7 Å². The number of aliphatic hydroxyl groups is 4. The molecule has 5 aromatic carbocycles. The number of likely N-dealkylation sites (N-methyl/N-ethyl adjacent to an activating group) is 2. The second-order valence-corrected chi connectivity index (χ2v) is 26.8. The molecule has 0 radical (unpaired) electrons. The maximum Gasteiger partial charge on any atom is 0.132 e. The van der Waals surface area contributed by atoms with Gasteiger partial charge in [0.25, 0.3) is 0 Å². The lowest BCUT2D eigenvalue weighted by molar-refractivity contribution is -0.120. The van der Waals surface area contributed by atoms with Crippen LogP contribution in [0.15, 0.2) is 121 Å². The molecule has 0 heterocycles. The highest BCUT2D eigenvalue weighted by Crippen LogP contribution is 2.44. The van der Waals surface area contributed by atoms with Crippen molar-refractivity contribution in [1.82, 2.24) is 9.80 Å². The third kappa shape index (κ3) is 25.0. The predicted octanol–water partition coefficient (Wildman–Crippen LogP) is 14.5. The number of hydrogen-bond acceptors (Lipinski definition) is 15. The standard InChI is InChI=1S/C17H27NO2.C16H25NO2.C15H23NO2.C15H19NO2.C9H9NO.C6H10O/c1-18(2)13-16(17(19)11-5-4-6-12-17)14-7-9-15(20-3)10-8-14;1-17(2)12-15(13-6-8-14(18)9-7-13)16(19)10-4-3-5-11-16;2*1-18-13-7-5-12(6-8-13)14(11-16)15(17)9-3-2-4-10-15;1-11-9-4-2-8(3-5-9)6-7-10;7-6-4-2-1-3-5-6/h7-10,16,19H,4-6,11-13H2,1-3H3;6-9,15,18-19H,3-5,10-12H2,1-2H3;5-8,14,17H,2-4,9-11,16H2,1H3;5-8,14,17H,2-4,9-10H2,1H3;2-5H,6H2,1H3;1-5H2. The van der Waals surface area contributed by atoms with Crippen molar-refractivity contribution in [3.63, 3.8) is 0 Å². The molecule has 7 N–H and O–H groups in total. The lowest BCUT2D eigenvalue weighted by atomic mass is 9.72. The minimum Gasteiger partial charge on any atom is -0.508 e. The van der Waals surface area contributed by atoms with Crippen molar-refractivity contribution in [2.75, 3.05) is 76.3 Å². The van der Waals surface area contributed by atoms with E-state index in [0.29, 0.717) is 18.7 Å². The van der Waals surface area contributed by atoms with Crippen LogP contribution in [0.25, 0.3) is 0 Å². The number of carbonyl (C=O) groups excluding carboxylic acids is 1. The van der Waals surface area contributed by atoms with Gasteiger partial charge in [-0.05, 0) is 181 Å². The van der Waals surface area contributed by atoms with Gasteiger partial charge in [0.05, 0.1) is 75.3 Å². The van der Waals surface area contributed by atoms with Gasteiger partial charge in [-0.15, -0.1) is 0 Å². The molecule has 5 aliphatic carbocycles. The number of ketones is 1. The Kier molecular flexibility index (Phi) is 33.2. The smallest absolute Gasteiger partial charge is 0.132 e. The van der Waals surface area contributed by atoms with E-state index in [9.17, 15) is 35.6 Å². The Morgan fingerprint density at radius 2 is 0.720 bits per heavy atom. The Hall–Kier alpha value is -6.53. The average molecular weight is 1280 g/mol. The van der Waals surface area contributed by atoms with E-state index in [4.69, 9.17) is 29.9 Å². The van der Waals surface area contributed by atoms with Crippen LogP contribution in [-0.2, 0) is 11.2 Å². The van der Waals surface area contributed by atoms with Crippen LogP contribution >= 0.6 is 0 Å². The highest BCUT2D eigenvalue weighted by atomic mass is 16.5. The molecular weight excluding hydrogens is 1170 g/mol. The van der Waals surface area contributed by atoms with Gasteiger partial charge >= 0.3 is 0 Å². The van der Waals surface area contributed by atoms with Crippen LogP contribution in [-0.4, -0.2) is 140 Å². The number of methoxy groups -OCH3 is 4. The highest BCUT2D eigenvalue weighted by Gasteiger charge is 2.42. The molecule has 10 rings (SSSR count). The van der Waals surface area contributed by atoms with Crippen molar-refractivity contribution in [1.29, 1.82) is 10.5 Å². The quantitative estimate of drug-likeness (QED) is 0.0479. The van der Waals surface area contributed by atoms with Crippen LogP contribution in [0.2, 0.25) is 0 Å². The summed E-state index contributed by atoms with van der Waals surface area (Å²) in [5.41, 5.74) is 8.61. The number of nitrogens with two attached hydrogens (primary N) is 1. The van der Waals surface area contributed by atoms with E-state index in [2.05, 4.69) is 48.2 Å². The molecule has 93 heavy (non-hydrogen) atoms. The van der Waals surface area contributed by atoms with Crippen LogP contribution in [0.5, 0.6) is 28.7 Å². The van der Waals surface area contributed by atoms with Crippen LogP contribution in [0.1, 0.15) is 212 Å². The van der Waals surface area contributed by atoms with Crippen molar-refractivity contribution in [3.8, 4) is 40.9 Å². The summed E-state index contributed by atoms with van der Waals surface area (Å²) in [7, 11) is 14.8. The summed E-state index contributed by atoms with van der Waals surface area (Å²) in [5, 5.41) is 70.7. The minimum absolute atomic E-state index is 0.0312. The van der Waals surface area contributed by atoms with Crippen molar-refractivity contribution in [2.45, 2.75) is 213 Å². The second kappa shape index (κ2) is 40.0. The molecule has 0 saturated heterocycles. The molecule has 0 bridgehead atoms.